The Morgan fingerprint density at radius 3 is 2.65 bits per heavy atom. The molecule has 0 saturated heterocycles. The largest absolute Gasteiger partial charge is 0.468 e. The van der Waals surface area contributed by atoms with E-state index in [1.807, 2.05) is 0 Å². The first-order valence-corrected chi connectivity index (χ1v) is 7.01. The van der Waals surface area contributed by atoms with Gasteiger partial charge in [-0.25, -0.2) is 4.98 Å². The Hall–Kier alpha value is -3.37. The average molecular weight is 370 g/mol. The number of amides is 1. The van der Waals surface area contributed by atoms with E-state index in [1.54, 1.807) is 12.1 Å². The molecule has 0 aliphatic carbocycles. The van der Waals surface area contributed by atoms with Crippen LogP contribution in [0.4, 0.5) is 13.2 Å². The topological polar surface area (TPSA) is 109 Å². The molecule has 2 N–H and O–H groups in total. The van der Waals surface area contributed by atoms with Gasteiger partial charge in [0.1, 0.15) is 12.9 Å². The van der Waals surface area contributed by atoms with Crippen LogP contribution in [0.25, 0.3) is 0 Å². The Morgan fingerprint density at radius 1 is 1.27 bits per heavy atom. The first-order valence-electron chi connectivity index (χ1n) is 7.01. The van der Waals surface area contributed by atoms with Crippen molar-refractivity contribution in [2.24, 2.45) is 10.9 Å². The van der Waals surface area contributed by atoms with Gasteiger partial charge in [-0.1, -0.05) is 17.3 Å². The molecule has 1 aromatic heterocycles. The lowest BCUT2D eigenvalue weighted by atomic mass is 10.1. The summed E-state index contributed by atoms with van der Waals surface area (Å²) in [7, 11) is 1.23. The van der Waals surface area contributed by atoms with Gasteiger partial charge >= 0.3 is 12.2 Å². The van der Waals surface area contributed by atoms with Gasteiger partial charge in [0.15, 0.2) is 12.3 Å². The maximum Gasteiger partial charge on any atom is 0.422 e. The Bertz CT molecular complexity index is 811. The fourth-order valence-electron chi connectivity index (χ4n) is 1.78. The molecular formula is C15H13F3N4O4. The number of benzene rings is 1. The van der Waals surface area contributed by atoms with E-state index in [-0.39, 0.29) is 28.9 Å². The van der Waals surface area contributed by atoms with Crippen LogP contribution in [0, 0.1) is 0 Å². The van der Waals surface area contributed by atoms with Crippen LogP contribution in [0.3, 0.4) is 0 Å². The molecule has 138 valence electrons. The lowest BCUT2D eigenvalue weighted by Gasteiger charge is -2.11. The van der Waals surface area contributed by atoms with Crippen molar-refractivity contribution in [1.29, 1.82) is 0 Å². The summed E-state index contributed by atoms with van der Waals surface area (Å²) in [5.41, 5.74) is 5.23. The van der Waals surface area contributed by atoms with Crippen LogP contribution in [-0.4, -0.2) is 41.5 Å². The smallest absolute Gasteiger partial charge is 0.422 e. The van der Waals surface area contributed by atoms with Gasteiger partial charge in [0, 0.05) is 12.3 Å². The number of halogens is 3. The van der Waals surface area contributed by atoms with E-state index in [1.165, 1.54) is 19.2 Å². The fraction of sp³-hybridized carbons (Fsp3) is 0.200. The zero-order valence-electron chi connectivity index (χ0n) is 13.4. The number of carbonyl (C=O) groups excluding carboxylic acids is 1. The molecule has 0 spiro atoms. The van der Waals surface area contributed by atoms with Gasteiger partial charge in [0.05, 0.1) is 5.56 Å². The van der Waals surface area contributed by atoms with Crippen molar-refractivity contribution in [2.45, 2.75) is 6.18 Å². The molecule has 0 fully saturated rings. The molecule has 2 rings (SSSR count). The van der Waals surface area contributed by atoms with Crippen LogP contribution >= 0.6 is 0 Å². The Labute approximate surface area is 145 Å². The number of nitrogens with zero attached hydrogens (tertiary/aromatic N) is 3. The van der Waals surface area contributed by atoms with E-state index < -0.39 is 18.7 Å². The average Bonchev–Trinajstić information content (AvgIpc) is 2.58. The lowest BCUT2D eigenvalue weighted by Crippen LogP contribution is -2.25. The highest BCUT2D eigenvalue weighted by Gasteiger charge is 2.28. The molecular weight excluding hydrogens is 357 g/mol. The zero-order valence-corrected chi connectivity index (χ0v) is 13.4. The van der Waals surface area contributed by atoms with Crippen molar-refractivity contribution in [3.05, 3.63) is 42.1 Å². The molecule has 0 radical (unpaired) electrons. The molecule has 8 nitrogen and oxygen atoms in total. The number of hydrogen-bond donors (Lipinski definition) is 1. The summed E-state index contributed by atoms with van der Waals surface area (Å²) in [5.74, 6) is -1.10. The highest BCUT2D eigenvalue weighted by Crippen LogP contribution is 2.25. The van der Waals surface area contributed by atoms with Crippen LogP contribution < -0.4 is 15.2 Å². The Balaban J connectivity index is 2.27. The van der Waals surface area contributed by atoms with E-state index in [2.05, 4.69) is 24.7 Å². The number of ether oxygens (including phenoxy) is 2. The monoisotopic (exact) mass is 370 g/mol. The maximum absolute atomic E-state index is 12.2. The summed E-state index contributed by atoms with van der Waals surface area (Å²) in [4.78, 5) is 23.6. The first-order chi connectivity index (χ1) is 12.3. The Morgan fingerprint density at radius 2 is 2.00 bits per heavy atom. The number of aromatic nitrogens is 2. The van der Waals surface area contributed by atoms with Crippen LogP contribution in [0.15, 0.2) is 41.7 Å². The third-order valence-corrected chi connectivity index (χ3v) is 2.75. The van der Waals surface area contributed by atoms with E-state index in [9.17, 15) is 18.0 Å². The molecule has 0 saturated carbocycles. The molecule has 26 heavy (non-hydrogen) atoms. The third kappa shape index (κ3) is 5.33. The Kier molecular flexibility index (Phi) is 5.94. The predicted octanol–water partition coefficient (Wildman–Crippen LogP) is 2.05. The van der Waals surface area contributed by atoms with Crippen molar-refractivity contribution in [3.63, 3.8) is 0 Å². The summed E-state index contributed by atoms with van der Waals surface area (Å²) in [5, 5.41) is 3.54. The number of oxime groups is 1. The van der Waals surface area contributed by atoms with E-state index >= 15 is 0 Å². The number of rotatable bonds is 7. The van der Waals surface area contributed by atoms with E-state index in [0.29, 0.717) is 0 Å². The SMILES string of the molecule is CON=C(C(N)=O)c1ccccc1Oc1nccc(OCC(F)(F)F)n1. The van der Waals surface area contributed by atoms with Crippen molar-refractivity contribution in [1.82, 2.24) is 9.97 Å². The normalized spacial score (nSPS) is 11.8. The van der Waals surface area contributed by atoms with Crippen LogP contribution in [0.5, 0.6) is 17.6 Å². The van der Waals surface area contributed by atoms with Crippen molar-refractivity contribution >= 4 is 11.6 Å². The van der Waals surface area contributed by atoms with Crippen LogP contribution in [-0.2, 0) is 9.63 Å². The van der Waals surface area contributed by atoms with Gasteiger partial charge in [-0.2, -0.15) is 18.2 Å². The summed E-state index contributed by atoms with van der Waals surface area (Å²) in [6.45, 7) is -1.51. The number of primary amides is 1. The van der Waals surface area contributed by atoms with Crippen LogP contribution in [0.1, 0.15) is 5.56 Å². The summed E-state index contributed by atoms with van der Waals surface area (Å²) in [6.07, 6.45) is -3.35. The van der Waals surface area contributed by atoms with Crippen molar-refractivity contribution in [3.8, 4) is 17.6 Å². The van der Waals surface area contributed by atoms with Crippen LogP contribution in [0.2, 0.25) is 0 Å². The first kappa shape index (κ1) is 19.0. The van der Waals surface area contributed by atoms with Crippen molar-refractivity contribution in [2.75, 3.05) is 13.7 Å². The second-order valence-corrected chi connectivity index (χ2v) is 4.67. The summed E-state index contributed by atoms with van der Waals surface area (Å²) >= 11 is 0. The molecule has 0 unspecified atom stereocenters. The fourth-order valence-corrected chi connectivity index (χ4v) is 1.78. The maximum atomic E-state index is 12.2. The number of para-hydroxylation sites is 1. The minimum Gasteiger partial charge on any atom is -0.468 e. The predicted molar refractivity (Wildman–Crippen MR) is 82.8 cm³/mol. The van der Waals surface area contributed by atoms with Gasteiger partial charge < -0.3 is 20.0 Å². The second-order valence-electron chi connectivity index (χ2n) is 4.67. The quantitative estimate of drug-likeness (QED) is 0.590. The number of hydrogen-bond acceptors (Lipinski definition) is 7. The molecule has 1 amide bonds. The molecule has 1 heterocycles. The minimum atomic E-state index is -4.51. The summed E-state index contributed by atoms with van der Waals surface area (Å²) < 4.78 is 46.6. The highest BCUT2D eigenvalue weighted by atomic mass is 19.4. The number of carbonyl (C=O) groups is 1. The van der Waals surface area contributed by atoms with Gasteiger partial charge in [-0.3, -0.25) is 4.79 Å². The number of nitrogens with two attached hydrogens (primary N) is 1. The van der Waals surface area contributed by atoms with Gasteiger partial charge in [0.2, 0.25) is 5.88 Å². The third-order valence-electron chi connectivity index (χ3n) is 2.75. The van der Waals surface area contributed by atoms with E-state index in [4.69, 9.17) is 10.5 Å². The minimum absolute atomic E-state index is 0.0927. The molecule has 11 heteroatoms. The molecule has 0 bridgehead atoms. The van der Waals surface area contributed by atoms with Gasteiger partial charge in [0.25, 0.3) is 5.91 Å². The lowest BCUT2D eigenvalue weighted by molar-refractivity contribution is -0.154. The molecule has 0 aliphatic rings. The molecule has 1 aromatic carbocycles. The summed E-state index contributed by atoms with van der Waals surface area (Å²) in [6, 6.07) is 7.00. The molecule has 0 atom stereocenters. The van der Waals surface area contributed by atoms with Gasteiger partial charge in [-0.15, -0.1) is 0 Å². The van der Waals surface area contributed by atoms with Gasteiger partial charge in [-0.05, 0) is 12.1 Å². The van der Waals surface area contributed by atoms with Crippen molar-refractivity contribution < 1.29 is 32.3 Å². The molecule has 2 aromatic rings. The number of alkyl halides is 3. The standard InChI is InChI=1S/C15H13F3N4O4/c1-24-22-12(13(19)23)9-4-2-3-5-10(9)26-14-20-7-6-11(21-14)25-8-15(16,17)18/h2-7H,8H2,1H3,(H2,19,23). The highest BCUT2D eigenvalue weighted by molar-refractivity contribution is 6.45. The van der Waals surface area contributed by atoms with E-state index in [0.717, 1.165) is 12.3 Å². The molecule has 0 aliphatic heterocycles. The zero-order chi connectivity index (χ0) is 19.2. The second kappa shape index (κ2) is 8.14.